The maximum atomic E-state index is 13.3. The Kier molecular flexibility index (Phi) is 8.25. The molecule has 4 rings (SSSR count). The molecule has 2 atom stereocenters. The zero-order valence-corrected chi connectivity index (χ0v) is 21.3. The second-order valence-electron chi connectivity index (χ2n) is 9.06. The minimum absolute atomic E-state index is 0.114. The summed E-state index contributed by atoms with van der Waals surface area (Å²) in [5.41, 5.74) is 1.88. The van der Waals surface area contributed by atoms with Gasteiger partial charge in [0.1, 0.15) is 17.5 Å². The van der Waals surface area contributed by atoms with Crippen LogP contribution in [-0.2, 0) is 25.2 Å². The number of rotatable bonds is 9. The lowest BCUT2D eigenvalue weighted by Crippen LogP contribution is -2.51. The molecule has 36 heavy (non-hydrogen) atoms. The molecule has 2 aliphatic rings. The van der Waals surface area contributed by atoms with Crippen LogP contribution in [0.1, 0.15) is 38.2 Å². The minimum atomic E-state index is -1.78. The summed E-state index contributed by atoms with van der Waals surface area (Å²) < 4.78 is 23.3. The van der Waals surface area contributed by atoms with Crippen molar-refractivity contribution >= 4 is 39.9 Å². The molecule has 10 heteroatoms. The standard InChI is InChI=1S/C26H31N3O6S/c1-17-7-3-6-10-21(17)29(18(2)26(32)28-19-8-4-5-9-19)25(31)15-36(33)14-24(30)27-20-11-12-22-23(13-20)35-16-34-22/h3,6-7,10-13,18-19H,4-5,8-9,14-16H2,1-2H3,(H,27,30)(H,28,32)/t18-,36+/m0/s1. The van der Waals surface area contributed by atoms with E-state index in [1.54, 1.807) is 37.3 Å². The van der Waals surface area contributed by atoms with E-state index in [0.717, 1.165) is 31.2 Å². The van der Waals surface area contributed by atoms with E-state index >= 15 is 0 Å². The minimum Gasteiger partial charge on any atom is -0.454 e. The van der Waals surface area contributed by atoms with Crippen LogP contribution in [0.15, 0.2) is 42.5 Å². The van der Waals surface area contributed by atoms with Gasteiger partial charge in [-0.15, -0.1) is 0 Å². The first-order chi connectivity index (χ1) is 17.3. The van der Waals surface area contributed by atoms with Crippen LogP contribution in [0.4, 0.5) is 11.4 Å². The first-order valence-corrected chi connectivity index (χ1v) is 13.5. The lowest BCUT2D eigenvalue weighted by Gasteiger charge is -2.30. The summed E-state index contributed by atoms with van der Waals surface area (Å²) in [5.74, 6) is -0.853. The number of carbonyl (C=O) groups is 3. The molecule has 0 radical (unpaired) electrons. The fraction of sp³-hybridized carbons (Fsp3) is 0.423. The van der Waals surface area contributed by atoms with Crippen LogP contribution in [0.2, 0.25) is 0 Å². The summed E-state index contributed by atoms with van der Waals surface area (Å²) >= 11 is 0. The molecule has 1 saturated carbocycles. The number of carbonyl (C=O) groups excluding carboxylic acids is 3. The number of hydrogen-bond acceptors (Lipinski definition) is 6. The zero-order chi connectivity index (χ0) is 25.7. The number of nitrogens with zero attached hydrogens (tertiary/aromatic N) is 1. The molecule has 2 aromatic rings. The van der Waals surface area contributed by atoms with Crippen LogP contribution in [0.25, 0.3) is 0 Å². The second kappa shape index (κ2) is 11.6. The summed E-state index contributed by atoms with van der Waals surface area (Å²) in [6.07, 6.45) is 4.01. The molecule has 0 saturated heterocycles. The highest BCUT2D eigenvalue weighted by atomic mass is 32.2. The zero-order valence-electron chi connectivity index (χ0n) is 20.5. The van der Waals surface area contributed by atoms with Gasteiger partial charge in [0, 0.05) is 34.3 Å². The number of fused-ring (bicyclic) bond motifs is 1. The van der Waals surface area contributed by atoms with Gasteiger partial charge >= 0.3 is 0 Å². The molecule has 0 bridgehead atoms. The van der Waals surface area contributed by atoms with Gasteiger partial charge in [-0.25, -0.2) is 0 Å². The van der Waals surface area contributed by atoms with Crippen molar-refractivity contribution in [2.75, 3.05) is 28.5 Å². The van der Waals surface area contributed by atoms with Crippen molar-refractivity contribution in [1.82, 2.24) is 5.32 Å². The molecule has 2 aromatic carbocycles. The quantitative estimate of drug-likeness (QED) is 0.533. The largest absolute Gasteiger partial charge is 0.454 e. The van der Waals surface area contributed by atoms with E-state index in [0.29, 0.717) is 22.9 Å². The number of amides is 3. The molecule has 3 amide bonds. The van der Waals surface area contributed by atoms with Crippen molar-refractivity contribution in [2.45, 2.75) is 51.6 Å². The molecule has 9 nitrogen and oxygen atoms in total. The summed E-state index contributed by atoms with van der Waals surface area (Å²) in [6, 6.07) is 11.5. The van der Waals surface area contributed by atoms with E-state index in [-0.39, 0.29) is 30.2 Å². The average molecular weight is 514 g/mol. The number of nitrogens with one attached hydrogen (secondary N) is 2. The van der Waals surface area contributed by atoms with Gasteiger partial charge in [0.05, 0.1) is 0 Å². The van der Waals surface area contributed by atoms with Crippen LogP contribution >= 0.6 is 0 Å². The van der Waals surface area contributed by atoms with E-state index in [4.69, 9.17) is 9.47 Å². The van der Waals surface area contributed by atoms with Gasteiger partial charge in [0.2, 0.25) is 24.5 Å². The van der Waals surface area contributed by atoms with Crippen LogP contribution in [-0.4, -0.2) is 52.3 Å². The van der Waals surface area contributed by atoms with Gasteiger partial charge in [0.25, 0.3) is 0 Å². The molecule has 0 spiro atoms. The van der Waals surface area contributed by atoms with Crippen LogP contribution in [0, 0.1) is 6.92 Å². The molecule has 1 aliphatic carbocycles. The van der Waals surface area contributed by atoms with Gasteiger partial charge in [-0.05, 0) is 50.5 Å². The maximum Gasteiger partial charge on any atom is 0.243 e. The smallest absolute Gasteiger partial charge is 0.243 e. The van der Waals surface area contributed by atoms with Crippen molar-refractivity contribution in [3.05, 3.63) is 48.0 Å². The first-order valence-electron chi connectivity index (χ1n) is 12.0. The van der Waals surface area contributed by atoms with E-state index in [2.05, 4.69) is 10.6 Å². The summed E-state index contributed by atoms with van der Waals surface area (Å²) in [4.78, 5) is 40.2. The van der Waals surface area contributed by atoms with E-state index in [9.17, 15) is 18.6 Å². The number of ether oxygens (including phenoxy) is 2. The number of hydrogen-bond donors (Lipinski definition) is 2. The van der Waals surface area contributed by atoms with Gasteiger partial charge in [0.15, 0.2) is 11.5 Å². The Morgan fingerprint density at radius 1 is 1.06 bits per heavy atom. The maximum absolute atomic E-state index is 13.3. The number of aryl methyl sites for hydroxylation is 1. The highest BCUT2D eigenvalue weighted by Crippen LogP contribution is 2.34. The molecular formula is C26H31N3O6S. The Labute approximate surface area is 213 Å². The van der Waals surface area contributed by atoms with Crippen molar-refractivity contribution in [1.29, 1.82) is 0 Å². The monoisotopic (exact) mass is 513 g/mol. The predicted molar refractivity (Wildman–Crippen MR) is 138 cm³/mol. The van der Waals surface area contributed by atoms with Gasteiger partial charge in [-0.2, -0.15) is 0 Å². The molecule has 0 aromatic heterocycles. The summed E-state index contributed by atoms with van der Waals surface area (Å²) in [6.45, 7) is 3.64. The highest BCUT2D eigenvalue weighted by Gasteiger charge is 2.31. The Morgan fingerprint density at radius 2 is 1.78 bits per heavy atom. The van der Waals surface area contributed by atoms with Crippen molar-refractivity contribution in [3.8, 4) is 11.5 Å². The Morgan fingerprint density at radius 3 is 2.53 bits per heavy atom. The predicted octanol–water partition coefficient (Wildman–Crippen LogP) is 2.89. The number of anilines is 2. The van der Waals surface area contributed by atoms with Gasteiger partial charge < -0.3 is 20.1 Å². The lowest BCUT2D eigenvalue weighted by atomic mass is 10.1. The third-order valence-electron chi connectivity index (χ3n) is 6.34. The summed E-state index contributed by atoms with van der Waals surface area (Å²) in [5, 5.41) is 5.71. The highest BCUT2D eigenvalue weighted by molar-refractivity contribution is 7.86. The Hall–Kier alpha value is -3.40. The van der Waals surface area contributed by atoms with E-state index < -0.39 is 28.7 Å². The SMILES string of the molecule is Cc1ccccc1N(C(=O)C[S@](=O)CC(=O)Nc1ccc2c(c1)OCO2)[C@@H](C)C(=O)NC1CCCC1. The molecule has 2 N–H and O–H groups in total. The third kappa shape index (κ3) is 6.23. The normalized spacial score (nSPS) is 16.3. The fourth-order valence-corrected chi connectivity index (χ4v) is 5.36. The molecular weight excluding hydrogens is 482 g/mol. The summed E-state index contributed by atoms with van der Waals surface area (Å²) in [7, 11) is -1.78. The number of benzene rings is 2. The molecule has 0 unspecified atom stereocenters. The third-order valence-corrected chi connectivity index (χ3v) is 7.50. The molecule has 1 fully saturated rings. The van der Waals surface area contributed by atoms with Crippen molar-refractivity contribution in [2.24, 2.45) is 0 Å². The van der Waals surface area contributed by atoms with E-state index in [1.807, 2.05) is 19.1 Å². The topological polar surface area (TPSA) is 114 Å². The second-order valence-corrected chi connectivity index (χ2v) is 10.5. The van der Waals surface area contributed by atoms with Gasteiger partial charge in [-0.1, -0.05) is 31.0 Å². The molecule has 1 heterocycles. The first kappa shape index (κ1) is 25.7. The fourth-order valence-electron chi connectivity index (χ4n) is 4.48. The van der Waals surface area contributed by atoms with Crippen molar-refractivity contribution < 1.29 is 28.1 Å². The molecule has 1 aliphatic heterocycles. The number of para-hydroxylation sites is 1. The lowest BCUT2D eigenvalue weighted by molar-refractivity contribution is -0.125. The Balaban J connectivity index is 1.41. The van der Waals surface area contributed by atoms with Crippen molar-refractivity contribution in [3.63, 3.8) is 0 Å². The van der Waals surface area contributed by atoms with E-state index in [1.165, 1.54) is 4.90 Å². The Bertz CT molecular complexity index is 1160. The van der Waals surface area contributed by atoms with Gasteiger partial charge in [-0.3, -0.25) is 23.5 Å². The van der Waals surface area contributed by atoms with Crippen LogP contribution < -0.4 is 25.0 Å². The average Bonchev–Trinajstić information content (AvgIpc) is 3.51. The van der Waals surface area contributed by atoms with Crippen LogP contribution in [0.3, 0.4) is 0 Å². The van der Waals surface area contributed by atoms with Crippen LogP contribution in [0.5, 0.6) is 11.5 Å². The molecule has 192 valence electrons.